The maximum Gasteiger partial charge on any atom is 1.00 e. The molecule has 1 aliphatic rings. The second kappa shape index (κ2) is 5.77. The molecule has 0 saturated carbocycles. The van der Waals surface area contributed by atoms with Gasteiger partial charge in [0, 0.05) is 6.42 Å². The van der Waals surface area contributed by atoms with Gasteiger partial charge in [-0.15, -0.1) is 5.46 Å². The quantitative estimate of drug-likeness (QED) is 0.594. The molecule has 7 heteroatoms. The van der Waals surface area contributed by atoms with Gasteiger partial charge in [-0.05, 0) is 12.1 Å². The zero-order valence-electron chi connectivity index (χ0n) is 8.88. The van der Waals surface area contributed by atoms with Crippen molar-refractivity contribution in [3.63, 3.8) is 0 Å². The summed E-state index contributed by atoms with van der Waals surface area (Å²) in [6, 6.07) is 3.33. The predicted octanol–water partition coefficient (Wildman–Crippen LogP) is -1.09. The average molecular weight is 256 g/mol. The zero-order chi connectivity index (χ0) is 10.9. The number of hydrogen-bond donors (Lipinski definition) is 0. The smallest absolute Gasteiger partial charge is 0.490 e. The molecule has 0 aliphatic carbocycles. The Kier molecular flexibility index (Phi) is 5.18. The molecule has 0 radical (unpaired) electrons. The van der Waals surface area contributed by atoms with E-state index in [4.69, 9.17) is 9.47 Å². The molecule has 0 fully saturated rings. The summed E-state index contributed by atoms with van der Waals surface area (Å²) < 4.78 is 47.7. The molecule has 0 aromatic heterocycles. The van der Waals surface area contributed by atoms with E-state index in [1.807, 2.05) is 0 Å². The van der Waals surface area contributed by atoms with E-state index in [1.165, 1.54) is 6.07 Å². The van der Waals surface area contributed by atoms with Gasteiger partial charge in [0.15, 0.2) is 11.5 Å². The van der Waals surface area contributed by atoms with E-state index in [9.17, 15) is 12.9 Å². The maximum absolute atomic E-state index is 12.4. The molecule has 2 nitrogen and oxygen atoms in total. The summed E-state index contributed by atoms with van der Waals surface area (Å²) in [6.07, 6.45) is 0.682. The van der Waals surface area contributed by atoms with Crippen molar-refractivity contribution in [2.24, 2.45) is 0 Å². The van der Waals surface area contributed by atoms with Crippen LogP contribution in [0.1, 0.15) is 6.42 Å². The van der Waals surface area contributed by atoms with Crippen LogP contribution in [0.3, 0.4) is 0 Å². The SMILES string of the molecule is F[B-](F)(F)c1ccc2c(c1)OCCCO2.[K+]. The van der Waals surface area contributed by atoms with Gasteiger partial charge in [-0.3, -0.25) is 0 Å². The van der Waals surface area contributed by atoms with Gasteiger partial charge in [-0.25, -0.2) is 0 Å². The Balaban J connectivity index is 0.00000128. The van der Waals surface area contributed by atoms with Crippen LogP contribution in [-0.4, -0.2) is 20.2 Å². The van der Waals surface area contributed by atoms with E-state index in [-0.39, 0.29) is 57.1 Å². The topological polar surface area (TPSA) is 18.5 Å². The van der Waals surface area contributed by atoms with Crippen LogP contribution in [0.15, 0.2) is 18.2 Å². The molecule has 0 spiro atoms. The minimum absolute atomic E-state index is 0. The van der Waals surface area contributed by atoms with Crippen molar-refractivity contribution >= 4 is 12.4 Å². The molecule has 1 aliphatic heterocycles. The van der Waals surface area contributed by atoms with E-state index in [1.54, 1.807) is 0 Å². The van der Waals surface area contributed by atoms with Crippen LogP contribution in [0.2, 0.25) is 0 Å². The fourth-order valence-electron chi connectivity index (χ4n) is 1.38. The Morgan fingerprint density at radius 2 is 1.62 bits per heavy atom. The molecule has 0 N–H and O–H groups in total. The Morgan fingerprint density at radius 3 is 2.25 bits per heavy atom. The number of hydrogen-bond acceptors (Lipinski definition) is 2. The molecule has 0 amide bonds. The van der Waals surface area contributed by atoms with Crippen LogP contribution in [-0.2, 0) is 0 Å². The minimum Gasteiger partial charge on any atom is -0.490 e. The molecule has 0 unspecified atom stereocenters. The average Bonchev–Trinajstić information content (AvgIpc) is 2.39. The maximum atomic E-state index is 12.4. The number of halogens is 3. The second-order valence-corrected chi connectivity index (χ2v) is 3.33. The van der Waals surface area contributed by atoms with Gasteiger partial charge in [0.1, 0.15) is 0 Å². The molecule has 2 rings (SSSR count). The van der Waals surface area contributed by atoms with Crippen molar-refractivity contribution in [2.45, 2.75) is 6.42 Å². The molecule has 0 atom stereocenters. The first-order valence-corrected chi connectivity index (χ1v) is 4.67. The monoisotopic (exact) mass is 256 g/mol. The summed E-state index contributed by atoms with van der Waals surface area (Å²) in [5.74, 6) is 0.570. The normalized spacial score (nSPS) is 14.9. The summed E-state index contributed by atoms with van der Waals surface area (Å²) in [7, 11) is 0. The van der Waals surface area contributed by atoms with Crippen LogP contribution < -0.4 is 66.3 Å². The Labute approximate surface area is 134 Å². The summed E-state index contributed by atoms with van der Waals surface area (Å²) in [5.41, 5.74) is -0.653. The number of benzene rings is 1. The third-order valence-electron chi connectivity index (χ3n) is 2.15. The van der Waals surface area contributed by atoms with Crippen molar-refractivity contribution in [1.82, 2.24) is 0 Å². The minimum atomic E-state index is -4.97. The largest absolute Gasteiger partial charge is 1.00 e. The van der Waals surface area contributed by atoms with Crippen molar-refractivity contribution in [3.8, 4) is 11.5 Å². The van der Waals surface area contributed by atoms with E-state index in [0.717, 1.165) is 12.1 Å². The van der Waals surface area contributed by atoms with Gasteiger partial charge >= 0.3 is 58.4 Å². The summed E-state index contributed by atoms with van der Waals surface area (Å²) in [6.45, 7) is -4.11. The molecule has 0 bridgehead atoms. The van der Waals surface area contributed by atoms with Crippen molar-refractivity contribution in [2.75, 3.05) is 13.2 Å². The third-order valence-corrected chi connectivity index (χ3v) is 2.15. The summed E-state index contributed by atoms with van der Waals surface area (Å²) in [5, 5.41) is 0. The number of rotatable bonds is 1. The van der Waals surface area contributed by atoms with Crippen LogP contribution in [0.5, 0.6) is 11.5 Å². The summed E-state index contributed by atoms with van der Waals surface area (Å²) in [4.78, 5) is 0. The third kappa shape index (κ3) is 3.40. The molecule has 1 aromatic rings. The molecule has 16 heavy (non-hydrogen) atoms. The molecule has 82 valence electrons. The first kappa shape index (κ1) is 14.4. The first-order chi connectivity index (χ1) is 7.07. The zero-order valence-corrected chi connectivity index (χ0v) is 12.0. The van der Waals surface area contributed by atoms with Gasteiger partial charge in [0.25, 0.3) is 0 Å². The Bertz CT molecular complexity index is 370. The van der Waals surface area contributed by atoms with E-state index >= 15 is 0 Å². The fraction of sp³-hybridized carbons (Fsp3) is 0.333. The van der Waals surface area contributed by atoms with Crippen molar-refractivity contribution < 1.29 is 73.8 Å². The second-order valence-electron chi connectivity index (χ2n) is 3.33. The molecule has 0 saturated heterocycles. The predicted molar refractivity (Wildman–Crippen MR) is 50.8 cm³/mol. The Hall–Kier alpha value is 0.311. The molecular weight excluding hydrogens is 247 g/mol. The fourth-order valence-corrected chi connectivity index (χ4v) is 1.38. The van der Waals surface area contributed by atoms with Crippen LogP contribution in [0, 0.1) is 0 Å². The summed E-state index contributed by atoms with van der Waals surface area (Å²) >= 11 is 0. The van der Waals surface area contributed by atoms with E-state index < -0.39 is 12.4 Å². The Morgan fingerprint density at radius 1 is 1.00 bits per heavy atom. The van der Waals surface area contributed by atoms with Gasteiger partial charge in [-0.2, -0.15) is 0 Å². The van der Waals surface area contributed by atoms with Gasteiger partial charge in [-0.1, -0.05) is 6.07 Å². The molecular formula is C9H9BF3KO2. The van der Waals surface area contributed by atoms with Gasteiger partial charge in [0.2, 0.25) is 0 Å². The van der Waals surface area contributed by atoms with E-state index in [2.05, 4.69) is 0 Å². The molecule has 1 heterocycles. The van der Waals surface area contributed by atoms with Crippen LogP contribution in [0.25, 0.3) is 0 Å². The number of fused-ring (bicyclic) bond motifs is 1. The standard InChI is InChI=1S/C9H9BF3O2.K/c11-10(12,13)7-2-3-8-9(6-7)15-5-1-4-14-8;/h2-3,6H,1,4-5H2;/q-1;+1. The van der Waals surface area contributed by atoms with Crippen molar-refractivity contribution in [3.05, 3.63) is 18.2 Å². The first-order valence-electron chi connectivity index (χ1n) is 4.67. The van der Waals surface area contributed by atoms with Crippen LogP contribution in [0.4, 0.5) is 12.9 Å². The molecule has 1 aromatic carbocycles. The van der Waals surface area contributed by atoms with E-state index in [0.29, 0.717) is 25.4 Å². The van der Waals surface area contributed by atoms with Crippen molar-refractivity contribution in [1.29, 1.82) is 0 Å². The van der Waals surface area contributed by atoms with Crippen LogP contribution >= 0.6 is 0 Å². The van der Waals surface area contributed by atoms with Gasteiger partial charge in [0.05, 0.1) is 13.2 Å². The number of ether oxygens (including phenoxy) is 2. The van der Waals surface area contributed by atoms with Gasteiger partial charge < -0.3 is 22.4 Å².